The number of benzene rings is 2. The number of rotatable bonds is 2. The monoisotopic (exact) mass is 276 g/mol. The molecule has 1 heterocycles. The van der Waals surface area contributed by atoms with Gasteiger partial charge in [0.25, 0.3) is 0 Å². The van der Waals surface area contributed by atoms with Gasteiger partial charge in [0.05, 0.1) is 11.2 Å². The van der Waals surface area contributed by atoms with E-state index in [1.54, 1.807) is 0 Å². The van der Waals surface area contributed by atoms with Crippen LogP contribution in [0.5, 0.6) is 0 Å². The second kappa shape index (κ2) is 5.21. The lowest BCUT2D eigenvalue weighted by Crippen LogP contribution is -1.99. The zero-order chi connectivity index (χ0) is 15.0. The van der Waals surface area contributed by atoms with Crippen molar-refractivity contribution >= 4 is 22.3 Å². The Balaban J connectivity index is 2.12. The Labute approximate surface area is 125 Å². The number of nitrogens with zero attached hydrogens (tertiary/aromatic N) is 1. The molecule has 3 aromatic rings. The molecule has 1 aromatic heterocycles. The molecule has 0 aliphatic heterocycles. The molecule has 0 amide bonds. The van der Waals surface area contributed by atoms with Crippen molar-refractivity contribution < 1.29 is 0 Å². The van der Waals surface area contributed by atoms with Gasteiger partial charge in [-0.1, -0.05) is 35.9 Å². The van der Waals surface area contributed by atoms with Gasteiger partial charge >= 0.3 is 0 Å². The van der Waals surface area contributed by atoms with Gasteiger partial charge in [-0.25, -0.2) is 0 Å². The highest BCUT2D eigenvalue weighted by atomic mass is 14.9. The number of fused-ring (bicyclic) bond motifs is 1. The molecule has 3 rings (SSSR count). The van der Waals surface area contributed by atoms with Crippen LogP contribution in [0.25, 0.3) is 10.9 Å². The van der Waals surface area contributed by atoms with E-state index in [9.17, 15) is 0 Å². The molecule has 0 saturated carbocycles. The summed E-state index contributed by atoms with van der Waals surface area (Å²) in [5.41, 5.74) is 8.12. The van der Waals surface area contributed by atoms with Gasteiger partial charge in [-0.05, 0) is 51.0 Å². The number of aryl methyl sites for hydroxylation is 4. The first-order chi connectivity index (χ1) is 10.0. The van der Waals surface area contributed by atoms with E-state index in [0.717, 1.165) is 22.3 Å². The Morgan fingerprint density at radius 2 is 1.57 bits per heavy atom. The number of anilines is 2. The Morgan fingerprint density at radius 3 is 2.29 bits per heavy atom. The van der Waals surface area contributed by atoms with Crippen LogP contribution in [0.3, 0.4) is 0 Å². The lowest BCUT2D eigenvalue weighted by Gasteiger charge is -2.15. The zero-order valence-electron chi connectivity index (χ0n) is 13.0. The van der Waals surface area contributed by atoms with E-state index >= 15 is 0 Å². The van der Waals surface area contributed by atoms with Crippen molar-refractivity contribution in [1.82, 2.24) is 4.98 Å². The van der Waals surface area contributed by atoms with Crippen LogP contribution in [0.2, 0.25) is 0 Å². The van der Waals surface area contributed by atoms with E-state index in [4.69, 9.17) is 0 Å². The molecule has 0 aliphatic rings. The quantitative estimate of drug-likeness (QED) is 0.694. The summed E-state index contributed by atoms with van der Waals surface area (Å²) in [5, 5.41) is 4.74. The van der Waals surface area contributed by atoms with Crippen LogP contribution >= 0.6 is 0 Å². The van der Waals surface area contributed by atoms with E-state index in [2.05, 4.69) is 73.5 Å². The third-order valence-electron chi connectivity index (χ3n) is 3.80. The van der Waals surface area contributed by atoms with Crippen molar-refractivity contribution in [3.05, 3.63) is 64.8 Å². The van der Waals surface area contributed by atoms with Crippen molar-refractivity contribution in [3.63, 3.8) is 0 Å². The second-order valence-corrected chi connectivity index (χ2v) is 5.73. The molecule has 0 aliphatic carbocycles. The minimum Gasteiger partial charge on any atom is -0.353 e. The molecule has 0 bridgehead atoms. The minimum absolute atomic E-state index is 1.02. The van der Waals surface area contributed by atoms with Crippen LogP contribution in [0.15, 0.2) is 42.5 Å². The molecule has 0 unspecified atom stereocenters. The Kier molecular flexibility index (Phi) is 3.38. The summed E-state index contributed by atoms with van der Waals surface area (Å²) in [7, 11) is 0. The predicted octanol–water partition coefficient (Wildman–Crippen LogP) is 5.21. The van der Waals surface area contributed by atoms with Crippen molar-refractivity contribution in [2.24, 2.45) is 0 Å². The number of pyridine rings is 1. The molecule has 0 radical (unpaired) electrons. The average Bonchev–Trinajstić information content (AvgIpc) is 2.43. The van der Waals surface area contributed by atoms with Crippen LogP contribution in [0.4, 0.5) is 11.4 Å². The van der Waals surface area contributed by atoms with Crippen molar-refractivity contribution in [1.29, 1.82) is 0 Å². The normalized spacial score (nSPS) is 10.9. The van der Waals surface area contributed by atoms with Crippen LogP contribution in [-0.2, 0) is 0 Å². The number of hydrogen-bond donors (Lipinski definition) is 1. The molecule has 21 heavy (non-hydrogen) atoms. The van der Waals surface area contributed by atoms with E-state index in [1.807, 2.05) is 6.92 Å². The minimum atomic E-state index is 1.02. The first-order valence-electron chi connectivity index (χ1n) is 7.26. The maximum absolute atomic E-state index is 4.69. The van der Waals surface area contributed by atoms with Crippen LogP contribution in [-0.4, -0.2) is 4.98 Å². The highest BCUT2D eigenvalue weighted by Gasteiger charge is 2.07. The molecule has 0 spiro atoms. The molecular formula is C19H20N2. The maximum atomic E-state index is 4.69. The smallest absolute Gasteiger partial charge is 0.0939 e. The van der Waals surface area contributed by atoms with Crippen LogP contribution in [0.1, 0.15) is 22.4 Å². The van der Waals surface area contributed by atoms with Gasteiger partial charge in [-0.15, -0.1) is 0 Å². The highest BCUT2D eigenvalue weighted by Crippen LogP contribution is 2.29. The Hall–Kier alpha value is -2.35. The number of aromatic nitrogens is 1. The van der Waals surface area contributed by atoms with Gasteiger partial charge in [0.2, 0.25) is 0 Å². The number of hydrogen-bond acceptors (Lipinski definition) is 2. The SMILES string of the molecule is Cc1cc(C)c(Nc2cccc3ccc(C)nc23)c(C)c1. The lowest BCUT2D eigenvalue weighted by atomic mass is 10.0. The topological polar surface area (TPSA) is 24.9 Å². The Morgan fingerprint density at radius 1 is 0.857 bits per heavy atom. The summed E-state index contributed by atoms with van der Waals surface area (Å²) in [6.45, 7) is 8.45. The summed E-state index contributed by atoms with van der Waals surface area (Å²) in [6, 6.07) is 14.8. The van der Waals surface area contributed by atoms with E-state index in [-0.39, 0.29) is 0 Å². The van der Waals surface area contributed by atoms with E-state index < -0.39 is 0 Å². The van der Waals surface area contributed by atoms with E-state index in [0.29, 0.717) is 0 Å². The third kappa shape index (κ3) is 2.62. The fourth-order valence-corrected chi connectivity index (χ4v) is 2.86. The average molecular weight is 276 g/mol. The molecule has 2 aromatic carbocycles. The third-order valence-corrected chi connectivity index (χ3v) is 3.80. The first-order valence-corrected chi connectivity index (χ1v) is 7.26. The van der Waals surface area contributed by atoms with Crippen molar-refractivity contribution in [2.45, 2.75) is 27.7 Å². The van der Waals surface area contributed by atoms with Crippen LogP contribution < -0.4 is 5.32 Å². The molecule has 0 fully saturated rings. The molecular weight excluding hydrogens is 256 g/mol. The summed E-state index contributed by atoms with van der Waals surface area (Å²) < 4.78 is 0. The number of nitrogens with one attached hydrogen (secondary N) is 1. The molecule has 1 N–H and O–H groups in total. The zero-order valence-corrected chi connectivity index (χ0v) is 13.0. The Bertz CT molecular complexity index is 796. The van der Waals surface area contributed by atoms with Gasteiger partial charge < -0.3 is 5.32 Å². The second-order valence-electron chi connectivity index (χ2n) is 5.73. The van der Waals surface area contributed by atoms with Gasteiger partial charge in [-0.3, -0.25) is 4.98 Å². The highest BCUT2D eigenvalue weighted by molar-refractivity contribution is 5.92. The standard InChI is InChI=1S/C19H20N2/c1-12-10-13(2)18(14(3)11-12)21-17-7-5-6-16-9-8-15(4)20-19(16)17/h5-11,21H,1-4H3. The maximum Gasteiger partial charge on any atom is 0.0939 e. The van der Waals surface area contributed by atoms with Gasteiger partial charge in [0, 0.05) is 16.8 Å². The molecule has 2 heteroatoms. The summed E-state index contributed by atoms with van der Waals surface area (Å²) in [5.74, 6) is 0. The van der Waals surface area contributed by atoms with Crippen molar-refractivity contribution in [2.75, 3.05) is 5.32 Å². The summed E-state index contributed by atoms with van der Waals surface area (Å²) in [6.07, 6.45) is 0. The molecule has 2 nitrogen and oxygen atoms in total. The predicted molar refractivity (Wildman–Crippen MR) is 90.4 cm³/mol. The fourth-order valence-electron chi connectivity index (χ4n) is 2.86. The van der Waals surface area contributed by atoms with Crippen molar-refractivity contribution in [3.8, 4) is 0 Å². The largest absolute Gasteiger partial charge is 0.353 e. The summed E-state index contributed by atoms with van der Waals surface area (Å²) in [4.78, 5) is 4.69. The lowest BCUT2D eigenvalue weighted by molar-refractivity contribution is 1.25. The van der Waals surface area contributed by atoms with Gasteiger partial charge in [0.1, 0.15) is 0 Å². The summed E-state index contributed by atoms with van der Waals surface area (Å²) >= 11 is 0. The van der Waals surface area contributed by atoms with E-state index in [1.165, 1.54) is 22.4 Å². The molecule has 0 atom stereocenters. The number of para-hydroxylation sites is 1. The first kappa shape index (κ1) is 13.6. The van der Waals surface area contributed by atoms with Gasteiger partial charge in [0.15, 0.2) is 0 Å². The molecule has 0 saturated heterocycles. The molecule has 106 valence electrons. The van der Waals surface area contributed by atoms with Crippen LogP contribution in [0, 0.1) is 27.7 Å². The fraction of sp³-hybridized carbons (Fsp3) is 0.211. The van der Waals surface area contributed by atoms with Gasteiger partial charge in [-0.2, -0.15) is 0 Å².